The highest BCUT2D eigenvalue weighted by molar-refractivity contribution is 7.13. The van der Waals surface area contributed by atoms with Crippen LogP contribution < -0.4 is 0 Å². The molecule has 1 aromatic heterocycles. The lowest BCUT2D eigenvalue weighted by Crippen LogP contribution is -2.16. The molecule has 0 aliphatic rings. The Morgan fingerprint density at radius 1 is 1.30 bits per heavy atom. The molecule has 0 saturated carbocycles. The molecule has 0 amide bonds. The third-order valence-electron chi connectivity index (χ3n) is 2.69. The van der Waals surface area contributed by atoms with Crippen LogP contribution in [0.5, 0.6) is 0 Å². The number of nitrogens with zero attached hydrogens (tertiary/aromatic N) is 1. The maximum Gasteiger partial charge on any atom is 0.355 e. The minimum absolute atomic E-state index is 0.0558. The Balaban J connectivity index is 2.55. The first-order valence-electron chi connectivity index (χ1n) is 5.61. The van der Waals surface area contributed by atoms with Crippen molar-refractivity contribution in [2.24, 2.45) is 0 Å². The van der Waals surface area contributed by atoms with Gasteiger partial charge < -0.3 is 10.2 Å². The average Bonchev–Trinajstić information content (AvgIpc) is 2.76. The SMILES string of the molecule is CC(C)(O)c1cc(F)c(-c2nc(C(=O)O)cs2)c(F)c1. The summed E-state index contributed by atoms with van der Waals surface area (Å²) in [7, 11) is 0. The van der Waals surface area contributed by atoms with E-state index in [2.05, 4.69) is 4.98 Å². The molecule has 7 heteroatoms. The summed E-state index contributed by atoms with van der Waals surface area (Å²) in [6.07, 6.45) is 0. The van der Waals surface area contributed by atoms with Gasteiger partial charge in [0.1, 0.15) is 16.6 Å². The average molecular weight is 299 g/mol. The summed E-state index contributed by atoms with van der Waals surface area (Å²) in [4.78, 5) is 14.4. The second-order valence-corrected chi connectivity index (χ2v) is 5.58. The third-order valence-corrected chi connectivity index (χ3v) is 3.55. The molecule has 0 bridgehead atoms. The third kappa shape index (κ3) is 2.68. The minimum atomic E-state index is -1.38. The number of benzene rings is 1. The number of aliphatic hydroxyl groups is 1. The van der Waals surface area contributed by atoms with Gasteiger partial charge in [0, 0.05) is 5.38 Å². The Hall–Kier alpha value is -1.86. The molecule has 2 aromatic rings. The van der Waals surface area contributed by atoms with Crippen molar-refractivity contribution in [1.82, 2.24) is 4.98 Å². The monoisotopic (exact) mass is 299 g/mol. The fraction of sp³-hybridized carbons (Fsp3) is 0.231. The fourth-order valence-corrected chi connectivity index (χ4v) is 2.46. The van der Waals surface area contributed by atoms with Crippen molar-refractivity contribution in [2.45, 2.75) is 19.4 Å². The molecule has 0 saturated heterocycles. The van der Waals surface area contributed by atoms with Gasteiger partial charge in [-0.05, 0) is 31.5 Å². The van der Waals surface area contributed by atoms with Gasteiger partial charge in [-0.25, -0.2) is 18.6 Å². The molecule has 2 N–H and O–H groups in total. The Morgan fingerprint density at radius 3 is 2.25 bits per heavy atom. The van der Waals surface area contributed by atoms with Crippen LogP contribution in [0.1, 0.15) is 29.9 Å². The van der Waals surface area contributed by atoms with Crippen molar-refractivity contribution >= 4 is 17.3 Å². The second-order valence-electron chi connectivity index (χ2n) is 4.72. The lowest BCUT2D eigenvalue weighted by Gasteiger charge is -2.18. The van der Waals surface area contributed by atoms with E-state index in [-0.39, 0.29) is 16.3 Å². The Bertz CT molecular complexity index is 653. The van der Waals surface area contributed by atoms with E-state index in [1.54, 1.807) is 0 Å². The highest BCUT2D eigenvalue weighted by atomic mass is 32.1. The van der Waals surface area contributed by atoms with E-state index in [0.29, 0.717) is 0 Å². The van der Waals surface area contributed by atoms with Gasteiger partial charge in [-0.2, -0.15) is 0 Å². The topological polar surface area (TPSA) is 70.4 Å². The highest BCUT2D eigenvalue weighted by Gasteiger charge is 2.23. The molecular weight excluding hydrogens is 288 g/mol. The first-order chi connectivity index (χ1) is 9.20. The fourth-order valence-electron chi connectivity index (χ4n) is 1.62. The number of carbonyl (C=O) groups is 1. The van der Waals surface area contributed by atoms with Gasteiger partial charge in [0.25, 0.3) is 0 Å². The number of halogens is 2. The minimum Gasteiger partial charge on any atom is -0.476 e. The number of thiazole rings is 1. The van der Waals surface area contributed by atoms with Gasteiger partial charge in [-0.15, -0.1) is 11.3 Å². The number of hydrogen-bond donors (Lipinski definition) is 2. The summed E-state index contributed by atoms with van der Waals surface area (Å²) < 4.78 is 28.0. The predicted octanol–water partition coefficient (Wildman–Crippen LogP) is 3.01. The van der Waals surface area contributed by atoms with E-state index in [1.807, 2.05) is 0 Å². The summed E-state index contributed by atoms with van der Waals surface area (Å²) in [6, 6.07) is 2.03. The molecular formula is C13H11F2NO3S. The number of carboxylic acid groups (broad SMARTS) is 1. The molecule has 0 aliphatic heterocycles. The van der Waals surface area contributed by atoms with Crippen LogP contribution in [0.2, 0.25) is 0 Å². The number of rotatable bonds is 3. The maximum atomic E-state index is 14.0. The molecule has 0 unspecified atom stereocenters. The van der Waals surface area contributed by atoms with Crippen LogP contribution in [0.15, 0.2) is 17.5 Å². The van der Waals surface area contributed by atoms with Crippen molar-refractivity contribution < 1.29 is 23.8 Å². The smallest absolute Gasteiger partial charge is 0.355 e. The van der Waals surface area contributed by atoms with Crippen LogP contribution in [0.4, 0.5) is 8.78 Å². The summed E-state index contributed by atoms with van der Waals surface area (Å²) in [5, 5.41) is 19.7. The van der Waals surface area contributed by atoms with Gasteiger partial charge >= 0.3 is 5.97 Å². The van der Waals surface area contributed by atoms with Crippen molar-refractivity contribution in [3.8, 4) is 10.6 Å². The second kappa shape index (κ2) is 4.92. The molecule has 0 spiro atoms. The van der Waals surface area contributed by atoms with E-state index in [4.69, 9.17) is 5.11 Å². The summed E-state index contributed by atoms with van der Waals surface area (Å²) in [5.74, 6) is -3.05. The van der Waals surface area contributed by atoms with Crippen LogP contribution in [0.3, 0.4) is 0 Å². The number of hydrogen-bond acceptors (Lipinski definition) is 4. The van der Waals surface area contributed by atoms with Crippen molar-refractivity contribution in [3.05, 3.63) is 40.4 Å². The van der Waals surface area contributed by atoms with Crippen molar-refractivity contribution in [3.63, 3.8) is 0 Å². The van der Waals surface area contributed by atoms with Gasteiger partial charge in [0.2, 0.25) is 0 Å². The van der Waals surface area contributed by atoms with E-state index >= 15 is 0 Å². The summed E-state index contributed by atoms with van der Waals surface area (Å²) >= 11 is 0.838. The van der Waals surface area contributed by atoms with E-state index in [9.17, 15) is 18.7 Å². The lowest BCUT2D eigenvalue weighted by molar-refractivity contribution is 0.0691. The Kier molecular flexibility index (Phi) is 3.58. The largest absolute Gasteiger partial charge is 0.476 e. The maximum absolute atomic E-state index is 14.0. The van der Waals surface area contributed by atoms with E-state index in [0.717, 1.165) is 23.5 Å². The summed E-state index contributed by atoms with van der Waals surface area (Å²) in [6.45, 7) is 2.82. The standard InChI is InChI=1S/C13H11F2NO3S/c1-13(2,19)6-3-7(14)10(8(15)4-6)11-16-9(5-20-11)12(17)18/h3-5,19H,1-2H3,(H,17,18). The first-order valence-corrected chi connectivity index (χ1v) is 6.49. The van der Waals surface area contributed by atoms with Crippen LogP contribution in [0, 0.1) is 11.6 Å². The predicted molar refractivity (Wildman–Crippen MR) is 69.7 cm³/mol. The highest BCUT2D eigenvalue weighted by Crippen LogP contribution is 2.32. The normalized spacial score (nSPS) is 11.7. The van der Waals surface area contributed by atoms with Gasteiger partial charge in [0.15, 0.2) is 5.69 Å². The number of aromatic carboxylic acids is 1. The Labute approximate surface area is 117 Å². The molecule has 0 fully saturated rings. The zero-order valence-electron chi connectivity index (χ0n) is 10.6. The van der Waals surface area contributed by atoms with Gasteiger partial charge in [-0.3, -0.25) is 0 Å². The molecule has 1 heterocycles. The van der Waals surface area contributed by atoms with Gasteiger partial charge in [0.05, 0.1) is 11.2 Å². The first kappa shape index (κ1) is 14.5. The Morgan fingerprint density at radius 2 is 1.85 bits per heavy atom. The van der Waals surface area contributed by atoms with Crippen LogP contribution in [-0.2, 0) is 5.60 Å². The molecule has 20 heavy (non-hydrogen) atoms. The van der Waals surface area contributed by atoms with Crippen molar-refractivity contribution in [2.75, 3.05) is 0 Å². The zero-order chi connectivity index (χ0) is 15.1. The molecule has 4 nitrogen and oxygen atoms in total. The molecule has 106 valence electrons. The molecule has 0 aliphatic carbocycles. The van der Waals surface area contributed by atoms with Crippen LogP contribution in [-0.4, -0.2) is 21.2 Å². The van der Waals surface area contributed by atoms with Crippen molar-refractivity contribution in [1.29, 1.82) is 0 Å². The lowest BCUT2D eigenvalue weighted by atomic mass is 9.96. The molecule has 1 aromatic carbocycles. The summed E-state index contributed by atoms with van der Waals surface area (Å²) in [5.41, 5.74) is -1.95. The van der Waals surface area contributed by atoms with Crippen LogP contribution >= 0.6 is 11.3 Å². The number of aromatic nitrogens is 1. The van der Waals surface area contributed by atoms with Crippen LogP contribution in [0.25, 0.3) is 10.6 Å². The molecule has 2 rings (SSSR count). The number of carboxylic acids is 1. The zero-order valence-corrected chi connectivity index (χ0v) is 11.5. The molecule has 0 atom stereocenters. The quantitative estimate of drug-likeness (QED) is 0.914. The molecule has 0 radical (unpaired) electrons. The van der Waals surface area contributed by atoms with Gasteiger partial charge in [-0.1, -0.05) is 0 Å². The van der Waals surface area contributed by atoms with E-state index in [1.165, 1.54) is 19.2 Å². The van der Waals surface area contributed by atoms with E-state index < -0.39 is 28.8 Å².